The number of pyridine rings is 1. The van der Waals surface area contributed by atoms with Gasteiger partial charge < -0.3 is 5.73 Å². The van der Waals surface area contributed by atoms with Gasteiger partial charge in [-0.15, -0.1) is 0 Å². The molecule has 3 heteroatoms. The van der Waals surface area contributed by atoms with Crippen molar-refractivity contribution < 1.29 is 4.39 Å². The van der Waals surface area contributed by atoms with E-state index < -0.39 is 5.82 Å². The molecule has 0 aliphatic carbocycles. The number of nitrogen functional groups attached to an aromatic ring is 1. The van der Waals surface area contributed by atoms with Crippen molar-refractivity contribution >= 4 is 16.6 Å². The van der Waals surface area contributed by atoms with E-state index in [0.717, 1.165) is 11.1 Å². The minimum Gasteiger partial charge on any atom is -0.381 e. The van der Waals surface area contributed by atoms with Gasteiger partial charge in [-0.3, -0.25) is 0 Å². The summed E-state index contributed by atoms with van der Waals surface area (Å²) in [6.45, 7) is 6.12. The standard InChI is InChI=1S/C13H15FN2/c1-13(2,3)11-9-7-5-4-6-8(9)10(14)12(15)16-11/h4-7H,1-3H3,(H2,15,16). The fourth-order valence-corrected chi connectivity index (χ4v) is 1.82. The second kappa shape index (κ2) is 3.44. The van der Waals surface area contributed by atoms with Crippen LogP contribution in [0.5, 0.6) is 0 Å². The molecular formula is C13H15FN2. The molecular weight excluding hydrogens is 203 g/mol. The first kappa shape index (κ1) is 10.9. The zero-order valence-corrected chi connectivity index (χ0v) is 9.71. The number of hydrogen-bond donors (Lipinski definition) is 1. The van der Waals surface area contributed by atoms with Crippen LogP contribution >= 0.6 is 0 Å². The van der Waals surface area contributed by atoms with Crippen LogP contribution in [0.2, 0.25) is 0 Å². The van der Waals surface area contributed by atoms with Crippen LogP contribution in [-0.2, 0) is 5.41 Å². The van der Waals surface area contributed by atoms with E-state index in [4.69, 9.17) is 5.73 Å². The average molecular weight is 218 g/mol. The van der Waals surface area contributed by atoms with E-state index in [9.17, 15) is 4.39 Å². The van der Waals surface area contributed by atoms with E-state index in [1.54, 1.807) is 12.1 Å². The highest BCUT2D eigenvalue weighted by Gasteiger charge is 2.21. The van der Waals surface area contributed by atoms with E-state index in [2.05, 4.69) is 4.98 Å². The quantitative estimate of drug-likeness (QED) is 0.737. The van der Waals surface area contributed by atoms with Crippen molar-refractivity contribution in [3.05, 3.63) is 35.8 Å². The Morgan fingerprint density at radius 3 is 2.25 bits per heavy atom. The van der Waals surface area contributed by atoms with Crippen LogP contribution in [-0.4, -0.2) is 4.98 Å². The van der Waals surface area contributed by atoms with Crippen molar-refractivity contribution in [1.29, 1.82) is 0 Å². The predicted octanol–water partition coefficient (Wildman–Crippen LogP) is 3.25. The van der Waals surface area contributed by atoms with Gasteiger partial charge >= 0.3 is 0 Å². The van der Waals surface area contributed by atoms with Crippen molar-refractivity contribution in [2.24, 2.45) is 0 Å². The Morgan fingerprint density at radius 1 is 1.12 bits per heavy atom. The second-order valence-corrected chi connectivity index (χ2v) is 4.96. The van der Waals surface area contributed by atoms with Crippen LogP contribution in [0.25, 0.3) is 10.8 Å². The van der Waals surface area contributed by atoms with Gasteiger partial charge in [0.05, 0.1) is 5.69 Å². The minimum atomic E-state index is -0.427. The molecule has 0 atom stereocenters. The molecule has 2 nitrogen and oxygen atoms in total. The molecule has 2 rings (SSSR count). The third-order valence-electron chi connectivity index (χ3n) is 2.59. The first-order chi connectivity index (χ1) is 7.41. The SMILES string of the molecule is CC(C)(C)c1nc(N)c(F)c2ccccc12. The molecule has 1 aromatic carbocycles. The Morgan fingerprint density at radius 2 is 1.69 bits per heavy atom. The Hall–Kier alpha value is -1.64. The number of rotatable bonds is 0. The first-order valence-electron chi connectivity index (χ1n) is 5.25. The van der Waals surface area contributed by atoms with Crippen molar-refractivity contribution in [3.63, 3.8) is 0 Å². The highest BCUT2D eigenvalue weighted by Crippen LogP contribution is 2.31. The summed E-state index contributed by atoms with van der Waals surface area (Å²) in [6.07, 6.45) is 0. The normalized spacial score (nSPS) is 12.0. The summed E-state index contributed by atoms with van der Waals surface area (Å²) >= 11 is 0. The maximum atomic E-state index is 13.8. The van der Waals surface area contributed by atoms with Gasteiger partial charge in [-0.1, -0.05) is 45.0 Å². The average Bonchev–Trinajstić information content (AvgIpc) is 2.22. The Labute approximate surface area is 94.3 Å². The van der Waals surface area contributed by atoms with Crippen molar-refractivity contribution in [1.82, 2.24) is 4.98 Å². The summed E-state index contributed by atoms with van der Waals surface area (Å²) in [4.78, 5) is 4.17. The number of anilines is 1. The monoisotopic (exact) mass is 218 g/mol. The lowest BCUT2D eigenvalue weighted by Crippen LogP contribution is -2.16. The molecule has 1 heterocycles. The molecule has 16 heavy (non-hydrogen) atoms. The number of fused-ring (bicyclic) bond motifs is 1. The highest BCUT2D eigenvalue weighted by molar-refractivity contribution is 5.88. The van der Waals surface area contributed by atoms with Gasteiger partial charge in [0.25, 0.3) is 0 Å². The molecule has 0 radical (unpaired) electrons. The predicted molar refractivity (Wildman–Crippen MR) is 64.8 cm³/mol. The molecule has 0 amide bonds. The van der Waals surface area contributed by atoms with Gasteiger partial charge in [0.2, 0.25) is 0 Å². The van der Waals surface area contributed by atoms with Gasteiger partial charge in [0, 0.05) is 16.2 Å². The van der Waals surface area contributed by atoms with Crippen LogP contribution in [0.15, 0.2) is 24.3 Å². The number of nitrogens with two attached hydrogens (primary N) is 1. The summed E-state index contributed by atoms with van der Waals surface area (Å²) in [7, 11) is 0. The van der Waals surface area contributed by atoms with Crippen molar-refractivity contribution in [2.75, 3.05) is 5.73 Å². The fraction of sp³-hybridized carbons (Fsp3) is 0.308. The molecule has 0 unspecified atom stereocenters. The van der Waals surface area contributed by atoms with Crippen molar-refractivity contribution in [2.45, 2.75) is 26.2 Å². The molecule has 0 bridgehead atoms. The van der Waals surface area contributed by atoms with Gasteiger partial charge in [0.15, 0.2) is 11.6 Å². The molecule has 0 aliphatic rings. The zero-order valence-electron chi connectivity index (χ0n) is 9.71. The Balaban J connectivity index is 2.91. The molecule has 84 valence electrons. The Bertz CT molecular complexity index is 541. The molecule has 0 spiro atoms. The van der Waals surface area contributed by atoms with Crippen LogP contribution in [0.4, 0.5) is 10.2 Å². The lowest BCUT2D eigenvalue weighted by Gasteiger charge is -2.20. The molecule has 2 N–H and O–H groups in total. The largest absolute Gasteiger partial charge is 0.381 e. The highest BCUT2D eigenvalue weighted by atomic mass is 19.1. The zero-order chi connectivity index (χ0) is 11.9. The molecule has 1 aromatic heterocycles. The number of halogens is 1. The number of nitrogens with zero attached hydrogens (tertiary/aromatic N) is 1. The second-order valence-electron chi connectivity index (χ2n) is 4.96. The number of benzene rings is 1. The van der Waals surface area contributed by atoms with E-state index in [-0.39, 0.29) is 11.2 Å². The third-order valence-corrected chi connectivity index (χ3v) is 2.59. The summed E-state index contributed by atoms with van der Waals surface area (Å²) in [5, 5.41) is 1.38. The lowest BCUT2D eigenvalue weighted by atomic mass is 9.88. The number of hydrogen-bond acceptors (Lipinski definition) is 2. The topological polar surface area (TPSA) is 38.9 Å². The summed E-state index contributed by atoms with van der Waals surface area (Å²) < 4.78 is 13.8. The maximum absolute atomic E-state index is 13.8. The summed E-state index contributed by atoms with van der Waals surface area (Å²) in [5.41, 5.74) is 6.28. The van der Waals surface area contributed by atoms with E-state index in [0.29, 0.717) is 5.39 Å². The van der Waals surface area contributed by atoms with Crippen LogP contribution in [0.3, 0.4) is 0 Å². The molecule has 0 fully saturated rings. The Kier molecular flexibility index (Phi) is 2.34. The van der Waals surface area contributed by atoms with Crippen LogP contribution < -0.4 is 5.73 Å². The summed E-state index contributed by atoms with van der Waals surface area (Å²) in [6, 6.07) is 7.30. The van der Waals surface area contributed by atoms with Gasteiger partial charge in [-0.05, 0) is 0 Å². The van der Waals surface area contributed by atoms with Gasteiger partial charge in [0.1, 0.15) is 0 Å². The van der Waals surface area contributed by atoms with E-state index >= 15 is 0 Å². The number of aromatic nitrogens is 1. The van der Waals surface area contributed by atoms with E-state index in [1.165, 1.54) is 0 Å². The van der Waals surface area contributed by atoms with Gasteiger partial charge in [-0.25, -0.2) is 9.37 Å². The maximum Gasteiger partial charge on any atom is 0.173 e. The van der Waals surface area contributed by atoms with Gasteiger partial charge in [-0.2, -0.15) is 0 Å². The van der Waals surface area contributed by atoms with Crippen molar-refractivity contribution in [3.8, 4) is 0 Å². The minimum absolute atomic E-state index is 0.0244. The fourth-order valence-electron chi connectivity index (χ4n) is 1.82. The van der Waals surface area contributed by atoms with Crippen LogP contribution in [0, 0.1) is 5.82 Å². The lowest BCUT2D eigenvalue weighted by molar-refractivity contribution is 0.570. The van der Waals surface area contributed by atoms with E-state index in [1.807, 2.05) is 32.9 Å². The molecule has 0 saturated heterocycles. The first-order valence-corrected chi connectivity index (χ1v) is 5.25. The van der Waals surface area contributed by atoms with Crippen LogP contribution in [0.1, 0.15) is 26.5 Å². The summed E-state index contributed by atoms with van der Waals surface area (Å²) in [5.74, 6) is -0.452. The molecule has 0 aliphatic heterocycles. The smallest absolute Gasteiger partial charge is 0.173 e. The molecule has 0 saturated carbocycles. The molecule has 2 aromatic rings. The third kappa shape index (κ3) is 1.62.